The molecule has 6 nitrogen and oxygen atoms in total. The number of urea groups is 1. The number of nitrogens with one attached hydrogen (secondary N) is 2. The maximum Gasteiger partial charge on any atom is 0.321 e. The van der Waals surface area contributed by atoms with E-state index >= 15 is 0 Å². The highest BCUT2D eigenvalue weighted by molar-refractivity contribution is 7.98. The molecule has 0 unspecified atom stereocenters. The monoisotopic (exact) mass is 387 g/mol. The molecule has 1 aliphatic rings. The standard InChI is InChI=1S/C20H25N3O3S/c24-19(21-10-14-27-15-18-7-4-13-26-18)16-8-11-23(12-9-16)20(25)22-17-5-2-1-3-6-17/h1-7,13,16H,8-12,14-15H2,(H,21,24)(H,22,25). The molecule has 0 radical (unpaired) electrons. The lowest BCUT2D eigenvalue weighted by molar-refractivity contribution is -0.126. The largest absolute Gasteiger partial charge is 0.468 e. The van der Waals surface area contributed by atoms with E-state index in [9.17, 15) is 9.59 Å². The van der Waals surface area contributed by atoms with Gasteiger partial charge in [0.15, 0.2) is 0 Å². The van der Waals surface area contributed by atoms with E-state index in [0.717, 1.165) is 23.0 Å². The Morgan fingerprint density at radius 2 is 1.89 bits per heavy atom. The predicted molar refractivity (Wildman–Crippen MR) is 108 cm³/mol. The lowest BCUT2D eigenvalue weighted by Crippen LogP contribution is -2.44. The molecule has 0 atom stereocenters. The Kier molecular flexibility index (Phi) is 7.21. The highest BCUT2D eigenvalue weighted by Gasteiger charge is 2.27. The Bertz CT molecular complexity index is 713. The summed E-state index contributed by atoms with van der Waals surface area (Å²) in [5.74, 6) is 2.70. The fourth-order valence-electron chi connectivity index (χ4n) is 3.03. The van der Waals surface area contributed by atoms with Crippen LogP contribution >= 0.6 is 11.8 Å². The number of nitrogens with zero attached hydrogens (tertiary/aromatic N) is 1. The lowest BCUT2D eigenvalue weighted by Gasteiger charge is -2.31. The van der Waals surface area contributed by atoms with E-state index in [1.54, 1.807) is 22.9 Å². The highest BCUT2D eigenvalue weighted by atomic mass is 32.2. The second-order valence-electron chi connectivity index (χ2n) is 6.48. The lowest BCUT2D eigenvalue weighted by atomic mass is 9.96. The molecule has 27 heavy (non-hydrogen) atoms. The molecule has 0 spiro atoms. The Morgan fingerprint density at radius 3 is 2.59 bits per heavy atom. The van der Waals surface area contributed by atoms with E-state index in [1.807, 2.05) is 42.5 Å². The molecule has 0 bridgehead atoms. The fourth-order valence-corrected chi connectivity index (χ4v) is 3.78. The zero-order chi connectivity index (χ0) is 18.9. The summed E-state index contributed by atoms with van der Waals surface area (Å²) in [6.45, 7) is 1.85. The van der Waals surface area contributed by atoms with Crippen molar-refractivity contribution < 1.29 is 14.0 Å². The molecule has 1 saturated heterocycles. The van der Waals surface area contributed by atoms with Crippen LogP contribution in [0.1, 0.15) is 18.6 Å². The van der Waals surface area contributed by atoms with E-state index in [1.165, 1.54) is 0 Å². The molecular formula is C20H25N3O3S. The van der Waals surface area contributed by atoms with Crippen LogP contribution in [0, 0.1) is 5.92 Å². The van der Waals surface area contributed by atoms with E-state index in [0.29, 0.717) is 32.5 Å². The molecule has 1 fully saturated rings. The van der Waals surface area contributed by atoms with Crippen molar-refractivity contribution in [3.63, 3.8) is 0 Å². The van der Waals surface area contributed by atoms with Crippen LogP contribution in [0.5, 0.6) is 0 Å². The summed E-state index contributed by atoms with van der Waals surface area (Å²) in [7, 11) is 0. The van der Waals surface area contributed by atoms with Gasteiger partial charge in [0.05, 0.1) is 12.0 Å². The average Bonchev–Trinajstić information content (AvgIpc) is 3.22. The summed E-state index contributed by atoms with van der Waals surface area (Å²) in [6.07, 6.45) is 3.07. The van der Waals surface area contributed by atoms with Gasteiger partial charge in [-0.2, -0.15) is 11.8 Å². The number of amides is 3. The van der Waals surface area contributed by atoms with E-state index in [-0.39, 0.29) is 17.9 Å². The first-order valence-electron chi connectivity index (χ1n) is 9.21. The van der Waals surface area contributed by atoms with Crippen molar-refractivity contribution in [3.05, 3.63) is 54.5 Å². The third-order valence-corrected chi connectivity index (χ3v) is 5.53. The third-order valence-electron chi connectivity index (χ3n) is 4.55. The number of anilines is 1. The van der Waals surface area contributed by atoms with Gasteiger partial charge in [-0.15, -0.1) is 0 Å². The molecule has 1 aromatic carbocycles. The number of thioether (sulfide) groups is 1. The van der Waals surface area contributed by atoms with Crippen LogP contribution in [0.15, 0.2) is 53.1 Å². The molecule has 3 rings (SSSR count). The molecule has 144 valence electrons. The first kappa shape index (κ1) is 19.4. The third kappa shape index (κ3) is 6.06. The predicted octanol–water partition coefficient (Wildman–Crippen LogP) is 3.57. The molecule has 3 amide bonds. The summed E-state index contributed by atoms with van der Waals surface area (Å²) in [6, 6.07) is 13.1. The van der Waals surface area contributed by atoms with Crippen molar-refractivity contribution >= 4 is 29.4 Å². The molecule has 7 heteroatoms. The Labute approximate surface area is 163 Å². The minimum atomic E-state index is -0.102. The number of para-hydroxylation sites is 1. The van der Waals surface area contributed by atoms with Crippen molar-refractivity contribution in [3.8, 4) is 0 Å². The number of hydrogen-bond acceptors (Lipinski definition) is 4. The number of rotatable bonds is 7. The van der Waals surface area contributed by atoms with Gasteiger partial charge in [0.1, 0.15) is 5.76 Å². The highest BCUT2D eigenvalue weighted by Crippen LogP contribution is 2.19. The van der Waals surface area contributed by atoms with Crippen LogP contribution in [0.3, 0.4) is 0 Å². The fraction of sp³-hybridized carbons (Fsp3) is 0.400. The maximum atomic E-state index is 12.3. The zero-order valence-electron chi connectivity index (χ0n) is 15.2. The summed E-state index contributed by atoms with van der Waals surface area (Å²) >= 11 is 1.74. The van der Waals surface area contributed by atoms with Crippen LogP contribution in [0.25, 0.3) is 0 Å². The van der Waals surface area contributed by atoms with Crippen molar-refractivity contribution in [2.75, 3.05) is 30.7 Å². The summed E-state index contributed by atoms with van der Waals surface area (Å²) in [4.78, 5) is 26.4. The molecule has 1 aliphatic heterocycles. The molecule has 2 heterocycles. The van der Waals surface area contributed by atoms with Crippen LogP contribution in [-0.2, 0) is 10.5 Å². The number of furan rings is 1. The summed E-state index contributed by atoms with van der Waals surface area (Å²) < 4.78 is 5.28. The quantitative estimate of drug-likeness (QED) is 0.712. The SMILES string of the molecule is O=C(NCCSCc1ccco1)C1CCN(C(=O)Nc2ccccc2)CC1. The van der Waals surface area contributed by atoms with Gasteiger partial charge in [-0.3, -0.25) is 4.79 Å². The van der Waals surface area contributed by atoms with Crippen molar-refractivity contribution in [2.24, 2.45) is 5.92 Å². The molecular weight excluding hydrogens is 362 g/mol. The van der Waals surface area contributed by atoms with Crippen LogP contribution < -0.4 is 10.6 Å². The van der Waals surface area contributed by atoms with Gasteiger partial charge in [0.2, 0.25) is 5.91 Å². The first-order chi connectivity index (χ1) is 13.2. The zero-order valence-corrected chi connectivity index (χ0v) is 16.0. The molecule has 1 aromatic heterocycles. The second kappa shape index (κ2) is 10.1. The second-order valence-corrected chi connectivity index (χ2v) is 7.59. The van der Waals surface area contributed by atoms with Crippen LogP contribution in [-0.4, -0.2) is 42.2 Å². The minimum Gasteiger partial charge on any atom is -0.468 e. The van der Waals surface area contributed by atoms with E-state index in [2.05, 4.69) is 10.6 Å². The molecule has 2 aromatic rings. The summed E-state index contributed by atoms with van der Waals surface area (Å²) in [5, 5.41) is 5.90. The average molecular weight is 388 g/mol. The van der Waals surface area contributed by atoms with Crippen LogP contribution in [0.4, 0.5) is 10.5 Å². The van der Waals surface area contributed by atoms with Gasteiger partial charge in [0.25, 0.3) is 0 Å². The summed E-state index contributed by atoms with van der Waals surface area (Å²) in [5.41, 5.74) is 0.786. The number of carbonyl (C=O) groups is 2. The van der Waals surface area contributed by atoms with Gasteiger partial charge < -0.3 is 20.0 Å². The van der Waals surface area contributed by atoms with E-state index < -0.39 is 0 Å². The maximum absolute atomic E-state index is 12.3. The molecule has 0 saturated carbocycles. The number of benzene rings is 1. The van der Waals surface area contributed by atoms with E-state index in [4.69, 9.17) is 4.42 Å². The molecule has 0 aliphatic carbocycles. The van der Waals surface area contributed by atoms with Gasteiger partial charge in [-0.05, 0) is 37.1 Å². The number of carbonyl (C=O) groups excluding carboxylic acids is 2. The van der Waals surface area contributed by atoms with Gasteiger partial charge >= 0.3 is 6.03 Å². The number of piperidine rings is 1. The Morgan fingerprint density at radius 1 is 1.11 bits per heavy atom. The number of likely N-dealkylation sites (tertiary alicyclic amines) is 1. The van der Waals surface area contributed by atoms with Gasteiger partial charge in [-0.1, -0.05) is 18.2 Å². The van der Waals surface area contributed by atoms with Crippen molar-refractivity contribution in [1.82, 2.24) is 10.2 Å². The number of hydrogen-bond donors (Lipinski definition) is 2. The Balaban J connectivity index is 1.31. The normalized spacial score (nSPS) is 14.7. The van der Waals surface area contributed by atoms with Gasteiger partial charge in [-0.25, -0.2) is 4.79 Å². The first-order valence-corrected chi connectivity index (χ1v) is 10.4. The molecule has 2 N–H and O–H groups in total. The smallest absolute Gasteiger partial charge is 0.321 e. The van der Waals surface area contributed by atoms with Crippen LogP contribution in [0.2, 0.25) is 0 Å². The topological polar surface area (TPSA) is 74.6 Å². The minimum absolute atomic E-state index is 0.0131. The van der Waals surface area contributed by atoms with Crippen molar-refractivity contribution in [1.29, 1.82) is 0 Å². The van der Waals surface area contributed by atoms with Crippen molar-refractivity contribution in [2.45, 2.75) is 18.6 Å². The van der Waals surface area contributed by atoms with Gasteiger partial charge in [0, 0.05) is 37.0 Å². The Hall–Kier alpha value is -2.41.